The molecule has 6 heteroatoms. The lowest BCUT2D eigenvalue weighted by Gasteiger charge is -2.19. The lowest BCUT2D eigenvalue weighted by molar-refractivity contribution is 0.0378. The highest BCUT2D eigenvalue weighted by Crippen LogP contribution is 2.32. The quantitative estimate of drug-likeness (QED) is 0.135. The van der Waals surface area contributed by atoms with Gasteiger partial charge in [0.2, 0.25) is 5.78 Å². The summed E-state index contributed by atoms with van der Waals surface area (Å²) in [7, 11) is 0. The average Bonchev–Trinajstić information content (AvgIpc) is 3.52. The number of carbonyl (C=O) groups is 2. The molecule has 3 rings (SSSR count). The topological polar surface area (TPSA) is 59.8 Å². The van der Waals surface area contributed by atoms with E-state index in [9.17, 15) is 9.59 Å². The number of fused-ring (bicyclic) bond motifs is 1. The fourth-order valence-electron chi connectivity index (χ4n) is 4.38. The molecule has 1 aromatic carbocycles. The van der Waals surface area contributed by atoms with Crippen molar-refractivity contribution in [1.82, 2.24) is 4.90 Å². The Kier molecular flexibility index (Phi) is 11.8. The van der Waals surface area contributed by atoms with Gasteiger partial charge in [0.25, 0.3) is 0 Å². The van der Waals surface area contributed by atoms with Crippen LogP contribution in [0, 0.1) is 0 Å². The summed E-state index contributed by atoms with van der Waals surface area (Å²) in [5.74, 6) is 0.239. The van der Waals surface area contributed by atoms with Crippen LogP contribution in [0.25, 0.3) is 17.0 Å². The van der Waals surface area contributed by atoms with Crippen molar-refractivity contribution in [3.63, 3.8) is 0 Å². The second kappa shape index (κ2) is 15.0. The summed E-state index contributed by atoms with van der Waals surface area (Å²) in [4.78, 5) is 30.6. The number of hydrogen-bond acceptors (Lipinski definition) is 6. The lowest BCUT2D eigenvalue weighted by Crippen LogP contribution is -2.26. The SMILES string of the molecule is CCCCc1oc2ccc(C(=O)OC(C)C)cc2c1C(=O)c1ccc(C=CCN(CCCC)CCCC)s1. The maximum Gasteiger partial charge on any atom is 0.338 e. The van der Waals surface area contributed by atoms with Gasteiger partial charge >= 0.3 is 5.97 Å². The van der Waals surface area contributed by atoms with E-state index < -0.39 is 5.97 Å². The highest BCUT2D eigenvalue weighted by molar-refractivity contribution is 7.15. The number of hydrogen-bond donors (Lipinski definition) is 0. The molecule has 2 aromatic heterocycles. The highest BCUT2D eigenvalue weighted by Gasteiger charge is 2.24. The maximum absolute atomic E-state index is 13.8. The molecule has 0 amide bonds. The number of nitrogens with zero attached hydrogens (tertiary/aromatic N) is 1. The predicted molar refractivity (Wildman–Crippen MR) is 158 cm³/mol. The van der Waals surface area contributed by atoms with Gasteiger partial charge in [-0.15, -0.1) is 11.3 Å². The van der Waals surface area contributed by atoms with E-state index in [4.69, 9.17) is 9.15 Å². The fourth-order valence-corrected chi connectivity index (χ4v) is 5.27. The molecule has 0 aliphatic carbocycles. The van der Waals surface area contributed by atoms with E-state index in [1.165, 1.54) is 37.0 Å². The Morgan fingerprint density at radius 2 is 1.71 bits per heavy atom. The van der Waals surface area contributed by atoms with Gasteiger partial charge < -0.3 is 9.15 Å². The van der Waals surface area contributed by atoms with Crippen LogP contribution < -0.4 is 0 Å². The minimum Gasteiger partial charge on any atom is -0.460 e. The molecule has 0 aliphatic heterocycles. The molecule has 0 bridgehead atoms. The van der Waals surface area contributed by atoms with Gasteiger partial charge in [0.15, 0.2) is 0 Å². The van der Waals surface area contributed by atoms with Crippen LogP contribution in [-0.4, -0.2) is 42.4 Å². The first-order valence-corrected chi connectivity index (χ1v) is 15.0. The van der Waals surface area contributed by atoms with Gasteiger partial charge in [-0.25, -0.2) is 4.79 Å². The van der Waals surface area contributed by atoms with Crippen molar-refractivity contribution in [3.05, 3.63) is 63.0 Å². The molecule has 0 aliphatic rings. The van der Waals surface area contributed by atoms with Gasteiger partial charge in [-0.1, -0.05) is 46.1 Å². The normalized spacial score (nSPS) is 11.9. The lowest BCUT2D eigenvalue weighted by atomic mass is 10.0. The van der Waals surface area contributed by atoms with E-state index in [0.717, 1.165) is 37.4 Å². The summed E-state index contributed by atoms with van der Waals surface area (Å²) in [6, 6.07) is 9.12. The van der Waals surface area contributed by atoms with Crippen LogP contribution in [0.2, 0.25) is 0 Å². The Bertz CT molecular complexity index is 1210. The Morgan fingerprint density at radius 3 is 2.37 bits per heavy atom. The van der Waals surface area contributed by atoms with E-state index in [1.54, 1.807) is 18.2 Å². The Balaban J connectivity index is 1.85. The predicted octanol–water partition coefficient (Wildman–Crippen LogP) is 8.55. The zero-order valence-electron chi connectivity index (χ0n) is 23.7. The minimum atomic E-state index is -0.396. The van der Waals surface area contributed by atoms with Gasteiger partial charge in [0.1, 0.15) is 11.3 Å². The number of furan rings is 1. The average molecular weight is 538 g/mol. The number of ketones is 1. The summed E-state index contributed by atoms with van der Waals surface area (Å²) in [5.41, 5.74) is 1.61. The number of benzene rings is 1. The number of thiophene rings is 1. The van der Waals surface area contributed by atoms with Crippen molar-refractivity contribution in [2.24, 2.45) is 0 Å². The van der Waals surface area contributed by atoms with Gasteiger partial charge in [0.05, 0.1) is 22.1 Å². The summed E-state index contributed by atoms with van der Waals surface area (Å²) >= 11 is 1.50. The number of aryl methyl sites for hydroxylation is 1. The molecule has 0 fully saturated rings. The van der Waals surface area contributed by atoms with Gasteiger partial charge in [-0.05, 0) is 82.6 Å². The van der Waals surface area contributed by atoms with Crippen molar-refractivity contribution < 1.29 is 18.7 Å². The summed E-state index contributed by atoms with van der Waals surface area (Å²) in [6.45, 7) is 13.4. The molecular weight excluding hydrogens is 494 g/mol. The van der Waals surface area contributed by atoms with E-state index in [-0.39, 0.29) is 11.9 Å². The van der Waals surface area contributed by atoms with Crippen molar-refractivity contribution in [1.29, 1.82) is 0 Å². The Morgan fingerprint density at radius 1 is 1.00 bits per heavy atom. The zero-order valence-corrected chi connectivity index (χ0v) is 24.5. The van der Waals surface area contributed by atoms with E-state index in [1.807, 2.05) is 26.0 Å². The number of unbranched alkanes of at least 4 members (excludes halogenated alkanes) is 3. The highest BCUT2D eigenvalue weighted by atomic mass is 32.1. The van der Waals surface area contributed by atoms with Crippen LogP contribution in [0.1, 0.15) is 109 Å². The smallest absolute Gasteiger partial charge is 0.338 e. The second-order valence-electron chi connectivity index (χ2n) is 10.1. The number of rotatable bonds is 16. The summed E-state index contributed by atoms with van der Waals surface area (Å²) in [5, 5.41) is 0.673. The third-order valence-corrected chi connectivity index (χ3v) is 7.53. The molecule has 0 spiro atoms. The molecule has 0 saturated carbocycles. The van der Waals surface area contributed by atoms with Crippen LogP contribution in [-0.2, 0) is 11.2 Å². The minimum absolute atomic E-state index is 0.0543. The van der Waals surface area contributed by atoms with Crippen molar-refractivity contribution >= 4 is 40.1 Å². The van der Waals surface area contributed by atoms with Crippen molar-refractivity contribution in [2.75, 3.05) is 19.6 Å². The second-order valence-corrected chi connectivity index (χ2v) is 11.2. The number of esters is 1. The van der Waals surface area contributed by atoms with E-state index >= 15 is 0 Å². The van der Waals surface area contributed by atoms with Crippen LogP contribution in [0.5, 0.6) is 0 Å². The fraction of sp³-hybridized carbons (Fsp3) is 0.500. The summed E-state index contributed by atoms with van der Waals surface area (Å²) < 4.78 is 11.5. The molecule has 2 heterocycles. The molecule has 0 radical (unpaired) electrons. The first-order valence-electron chi connectivity index (χ1n) is 14.2. The van der Waals surface area contributed by atoms with Crippen LogP contribution in [0.3, 0.4) is 0 Å². The van der Waals surface area contributed by atoms with Gasteiger partial charge in [0, 0.05) is 23.2 Å². The third kappa shape index (κ3) is 8.15. The van der Waals surface area contributed by atoms with Crippen LogP contribution >= 0.6 is 11.3 Å². The molecule has 5 nitrogen and oxygen atoms in total. The number of ether oxygens (including phenoxy) is 1. The first kappa shape index (κ1) is 29.9. The summed E-state index contributed by atoms with van der Waals surface area (Å²) in [6.07, 6.45) is 11.5. The molecule has 0 saturated heterocycles. The molecule has 0 atom stereocenters. The number of carbonyl (C=O) groups excluding carboxylic acids is 2. The Hall–Kier alpha value is -2.70. The molecular formula is C32H43NO4S. The van der Waals surface area contributed by atoms with E-state index in [0.29, 0.717) is 39.2 Å². The first-order chi connectivity index (χ1) is 18.4. The van der Waals surface area contributed by atoms with Gasteiger partial charge in [-0.3, -0.25) is 9.69 Å². The van der Waals surface area contributed by atoms with Crippen LogP contribution in [0.4, 0.5) is 0 Å². The standard InChI is InChI=1S/C32H43NO4S/c1-6-9-14-28-30(26-22-24(15-17-27(26)37-28)32(35)36-23(4)5)31(34)29-18-16-25(38-29)13-12-21-33(19-10-7-2)20-11-8-3/h12-13,15-18,22-23H,6-11,14,19-21H2,1-5H3. The monoisotopic (exact) mass is 537 g/mol. The Labute approximate surface area is 231 Å². The molecule has 3 aromatic rings. The largest absolute Gasteiger partial charge is 0.460 e. The van der Waals surface area contributed by atoms with Crippen molar-refractivity contribution in [2.45, 2.75) is 85.7 Å². The van der Waals surface area contributed by atoms with E-state index in [2.05, 4.69) is 37.8 Å². The molecule has 38 heavy (non-hydrogen) atoms. The third-order valence-electron chi connectivity index (χ3n) is 6.48. The molecule has 206 valence electrons. The van der Waals surface area contributed by atoms with Gasteiger partial charge in [-0.2, -0.15) is 0 Å². The molecule has 0 unspecified atom stereocenters. The van der Waals surface area contributed by atoms with Crippen molar-refractivity contribution in [3.8, 4) is 0 Å². The molecule has 0 N–H and O–H groups in total. The maximum atomic E-state index is 13.8. The zero-order chi connectivity index (χ0) is 27.5. The van der Waals surface area contributed by atoms with Crippen LogP contribution in [0.15, 0.2) is 40.8 Å².